The van der Waals surface area contributed by atoms with Gasteiger partial charge in [0, 0.05) is 24.1 Å². The Morgan fingerprint density at radius 3 is 2.76 bits per heavy atom. The third-order valence-corrected chi connectivity index (χ3v) is 3.68. The Kier molecular flexibility index (Phi) is 2.71. The number of nitrogens with two attached hydrogens (primary N) is 1. The van der Waals surface area contributed by atoms with Crippen LogP contribution in [0.15, 0.2) is 57.4 Å². The maximum absolute atomic E-state index is 5.73. The normalized spacial score (nSPS) is 11.2. The molecule has 21 heavy (non-hydrogen) atoms. The van der Waals surface area contributed by atoms with Crippen LogP contribution in [0.2, 0.25) is 0 Å². The summed E-state index contributed by atoms with van der Waals surface area (Å²) in [7, 11) is 0. The molecule has 7 heteroatoms. The minimum Gasteiger partial charge on any atom is -0.431 e. The average Bonchev–Trinajstić information content (AvgIpc) is 2.88. The zero-order valence-electron chi connectivity index (χ0n) is 10.7. The van der Waals surface area contributed by atoms with Crippen LogP contribution < -0.4 is 5.73 Å². The Bertz CT molecular complexity index is 952. The van der Waals surface area contributed by atoms with E-state index in [0.717, 1.165) is 16.1 Å². The third kappa shape index (κ3) is 2.27. The lowest BCUT2D eigenvalue weighted by Gasteiger charge is -1.98. The number of fused-ring (bicyclic) bond motifs is 2. The third-order valence-electron chi connectivity index (χ3n) is 2.89. The van der Waals surface area contributed by atoms with E-state index in [1.165, 1.54) is 11.8 Å². The van der Waals surface area contributed by atoms with Crippen LogP contribution in [0, 0.1) is 0 Å². The van der Waals surface area contributed by atoms with E-state index >= 15 is 0 Å². The first kappa shape index (κ1) is 12.1. The van der Waals surface area contributed by atoms with Gasteiger partial charge in [-0.05, 0) is 36.0 Å². The van der Waals surface area contributed by atoms with Gasteiger partial charge < -0.3 is 10.2 Å². The van der Waals surface area contributed by atoms with E-state index in [0.29, 0.717) is 22.1 Å². The molecular weight excluding hydrogens is 286 g/mol. The van der Waals surface area contributed by atoms with E-state index in [9.17, 15) is 0 Å². The van der Waals surface area contributed by atoms with Crippen molar-refractivity contribution in [3.63, 3.8) is 0 Å². The predicted octanol–water partition coefficient (Wildman–Crippen LogP) is 2.90. The fourth-order valence-corrected chi connectivity index (χ4v) is 2.67. The maximum Gasteiger partial charge on any atom is 0.263 e. The molecule has 2 N–H and O–H groups in total. The van der Waals surface area contributed by atoms with Gasteiger partial charge >= 0.3 is 0 Å². The Hall–Kier alpha value is -2.67. The molecule has 0 aliphatic heterocycles. The molecule has 0 atom stereocenters. The summed E-state index contributed by atoms with van der Waals surface area (Å²) in [6.45, 7) is 0. The molecule has 0 unspecified atom stereocenters. The van der Waals surface area contributed by atoms with Crippen LogP contribution in [-0.2, 0) is 0 Å². The summed E-state index contributed by atoms with van der Waals surface area (Å²) >= 11 is 1.34. The fourth-order valence-electron chi connectivity index (χ4n) is 1.95. The molecular formula is C14H9N5OS. The molecule has 3 heterocycles. The molecule has 0 aliphatic carbocycles. The van der Waals surface area contributed by atoms with Crippen molar-refractivity contribution in [1.29, 1.82) is 0 Å². The van der Waals surface area contributed by atoms with Gasteiger partial charge in [-0.2, -0.15) is 0 Å². The molecule has 0 radical (unpaired) electrons. The highest BCUT2D eigenvalue weighted by atomic mass is 32.2. The van der Waals surface area contributed by atoms with Crippen LogP contribution in [0.3, 0.4) is 0 Å². The van der Waals surface area contributed by atoms with E-state index < -0.39 is 0 Å². The van der Waals surface area contributed by atoms with E-state index in [1.54, 1.807) is 24.5 Å². The largest absolute Gasteiger partial charge is 0.431 e. The summed E-state index contributed by atoms with van der Waals surface area (Å²) in [6, 6.07) is 9.12. The van der Waals surface area contributed by atoms with Crippen LogP contribution in [0.25, 0.3) is 22.3 Å². The van der Waals surface area contributed by atoms with Gasteiger partial charge in [0.15, 0.2) is 11.2 Å². The quantitative estimate of drug-likeness (QED) is 0.568. The van der Waals surface area contributed by atoms with Crippen LogP contribution in [-0.4, -0.2) is 19.9 Å². The summed E-state index contributed by atoms with van der Waals surface area (Å²) in [5.74, 6) is 0. The standard InChI is InChI=1S/C14H9N5OS/c15-8-1-2-9-11(7-8)20-14(18-9)21-12-4-3-10-13(19-12)17-6-5-16-10/h1-7H,15H2. The van der Waals surface area contributed by atoms with Crippen LogP contribution in [0.5, 0.6) is 0 Å². The summed E-state index contributed by atoms with van der Waals surface area (Å²) in [6.07, 6.45) is 3.26. The lowest BCUT2D eigenvalue weighted by atomic mass is 10.3. The van der Waals surface area contributed by atoms with Crippen molar-refractivity contribution >= 4 is 39.7 Å². The Balaban J connectivity index is 1.71. The van der Waals surface area contributed by atoms with Gasteiger partial charge in [0.2, 0.25) is 0 Å². The van der Waals surface area contributed by atoms with Gasteiger partial charge in [-0.1, -0.05) is 0 Å². The number of hydrogen-bond acceptors (Lipinski definition) is 7. The molecule has 102 valence electrons. The summed E-state index contributed by atoms with van der Waals surface area (Å²) < 4.78 is 5.66. The lowest BCUT2D eigenvalue weighted by molar-refractivity contribution is 0.489. The van der Waals surface area contributed by atoms with Crippen molar-refractivity contribution in [2.24, 2.45) is 0 Å². The maximum atomic E-state index is 5.73. The van der Waals surface area contributed by atoms with Crippen molar-refractivity contribution in [3.05, 3.63) is 42.7 Å². The molecule has 1 aromatic carbocycles. The van der Waals surface area contributed by atoms with Crippen molar-refractivity contribution in [3.8, 4) is 0 Å². The summed E-state index contributed by atoms with van der Waals surface area (Å²) in [4.78, 5) is 17.2. The fraction of sp³-hybridized carbons (Fsp3) is 0. The van der Waals surface area contributed by atoms with Crippen molar-refractivity contribution < 1.29 is 4.42 Å². The lowest BCUT2D eigenvalue weighted by Crippen LogP contribution is -1.87. The first-order valence-electron chi connectivity index (χ1n) is 6.20. The second-order valence-corrected chi connectivity index (χ2v) is 5.33. The van der Waals surface area contributed by atoms with Gasteiger partial charge in [-0.3, -0.25) is 4.98 Å². The number of pyridine rings is 1. The second kappa shape index (κ2) is 4.71. The van der Waals surface area contributed by atoms with Crippen LogP contribution >= 0.6 is 11.8 Å². The molecule has 0 spiro atoms. The van der Waals surface area contributed by atoms with Crippen molar-refractivity contribution in [2.45, 2.75) is 10.2 Å². The van der Waals surface area contributed by atoms with Crippen LogP contribution in [0.1, 0.15) is 0 Å². The Labute approximate surface area is 123 Å². The van der Waals surface area contributed by atoms with E-state index in [-0.39, 0.29) is 0 Å². The molecule has 4 aromatic rings. The average molecular weight is 295 g/mol. The first-order valence-corrected chi connectivity index (χ1v) is 7.01. The summed E-state index contributed by atoms with van der Waals surface area (Å²) in [5.41, 5.74) is 9.17. The molecule has 0 fully saturated rings. The zero-order chi connectivity index (χ0) is 14.2. The monoisotopic (exact) mass is 295 g/mol. The molecule has 0 aliphatic rings. The smallest absolute Gasteiger partial charge is 0.263 e. The molecule has 0 saturated heterocycles. The highest BCUT2D eigenvalue weighted by Gasteiger charge is 2.09. The highest BCUT2D eigenvalue weighted by Crippen LogP contribution is 2.29. The number of oxazole rings is 1. The first-order chi connectivity index (χ1) is 10.3. The SMILES string of the molecule is Nc1ccc2nc(Sc3ccc4nccnc4n3)oc2c1. The molecule has 3 aromatic heterocycles. The number of rotatable bonds is 2. The molecule has 6 nitrogen and oxygen atoms in total. The van der Waals surface area contributed by atoms with Crippen molar-refractivity contribution in [1.82, 2.24) is 19.9 Å². The zero-order valence-corrected chi connectivity index (χ0v) is 11.5. The Morgan fingerprint density at radius 1 is 0.952 bits per heavy atom. The number of benzene rings is 1. The number of anilines is 1. The molecule has 4 rings (SSSR count). The van der Waals surface area contributed by atoms with E-state index in [1.807, 2.05) is 18.2 Å². The van der Waals surface area contributed by atoms with Gasteiger partial charge in [0.25, 0.3) is 5.22 Å². The Morgan fingerprint density at radius 2 is 1.81 bits per heavy atom. The minimum absolute atomic E-state index is 0.520. The predicted molar refractivity (Wildman–Crippen MR) is 79.9 cm³/mol. The van der Waals surface area contributed by atoms with E-state index in [4.69, 9.17) is 10.2 Å². The van der Waals surface area contributed by atoms with Gasteiger partial charge in [-0.15, -0.1) is 0 Å². The molecule has 0 amide bonds. The summed E-state index contributed by atoms with van der Waals surface area (Å²) in [5, 5.41) is 1.27. The highest BCUT2D eigenvalue weighted by molar-refractivity contribution is 7.99. The van der Waals surface area contributed by atoms with Gasteiger partial charge in [0.05, 0.1) is 0 Å². The van der Waals surface area contributed by atoms with Crippen molar-refractivity contribution in [2.75, 3.05) is 5.73 Å². The number of nitrogens with zero attached hydrogens (tertiary/aromatic N) is 4. The topological polar surface area (TPSA) is 90.7 Å². The molecule has 0 bridgehead atoms. The van der Waals surface area contributed by atoms with Gasteiger partial charge in [-0.25, -0.2) is 15.0 Å². The second-order valence-electron chi connectivity index (χ2n) is 4.36. The number of hydrogen-bond donors (Lipinski definition) is 1. The van der Waals surface area contributed by atoms with Crippen LogP contribution in [0.4, 0.5) is 5.69 Å². The number of nitrogen functional groups attached to an aromatic ring is 1. The van der Waals surface area contributed by atoms with Gasteiger partial charge in [0.1, 0.15) is 16.1 Å². The number of aromatic nitrogens is 4. The van der Waals surface area contributed by atoms with E-state index in [2.05, 4.69) is 19.9 Å². The minimum atomic E-state index is 0.520. The molecule has 0 saturated carbocycles.